The molecule has 3 aromatic carbocycles. The van der Waals surface area contributed by atoms with Crippen molar-refractivity contribution in [3.8, 4) is 0 Å². The van der Waals surface area contributed by atoms with E-state index in [9.17, 15) is 14.4 Å². The summed E-state index contributed by atoms with van der Waals surface area (Å²) in [4.78, 5) is 39.1. The maximum absolute atomic E-state index is 12.8. The van der Waals surface area contributed by atoms with Gasteiger partial charge in [-0.3, -0.25) is 19.3 Å². The summed E-state index contributed by atoms with van der Waals surface area (Å²) < 4.78 is 0. The quantitative estimate of drug-likeness (QED) is 0.655. The van der Waals surface area contributed by atoms with E-state index < -0.39 is 0 Å². The molecule has 0 saturated carbocycles. The van der Waals surface area contributed by atoms with Crippen LogP contribution in [0.1, 0.15) is 44.7 Å². The predicted octanol–water partition coefficient (Wildman–Crippen LogP) is 3.84. The van der Waals surface area contributed by atoms with E-state index in [1.165, 1.54) is 4.90 Å². The average Bonchev–Trinajstić information content (AvgIpc) is 2.73. The summed E-state index contributed by atoms with van der Waals surface area (Å²) in [5, 5.41) is 4.51. The first-order valence-electron chi connectivity index (χ1n) is 9.75. The van der Waals surface area contributed by atoms with Crippen molar-refractivity contribution in [1.29, 1.82) is 0 Å². The Morgan fingerprint density at radius 3 is 2.21 bits per heavy atom. The Kier molecular flexibility index (Phi) is 5.12. The van der Waals surface area contributed by atoms with Crippen molar-refractivity contribution in [2.24, 2.45) is 0 Å². The minimum absolute atomic E-state index is 0.0901. The SMILES string of the molecule is Cc1ccccc1CNC(=O)CCCN1C(=O)c2cccc3cccc(c23)C1=O. The lowest BCUT2D eigenvalue weighted by molar-refractivity contribution is -0.121. The zero-order valence-electron chi connectivity index (χ0n) is 16.3. The second-order valence-electron chi connectivity index (χ2n) is 7.28. The fourth-order valence-corrected chi connectivity index (χ4v) is 3.77. The molecule has 29 heavy (non-hydrogen) atoms. The second-order valence-corrected chi connectivity index (χ2v) is 7.28. The zero-order valence-corrected chi connectivity index (χ0v) is 16.3. The first-order valence-corrected chi connectivity index (χ1v) is 9.75. The number of hydrogen-bond acceptors (Lipinski definition) is 3. The summed E-state index contributed by atoms with van der Waals surface area (Å²) in [6, 6.07) is 18.9. The van der Waals surface area contributed by atoms with E-state index in [-0.39, 0.29) is 30.7 Å². The van der Waals surface area contributed by atoms with Gasteiger partial charge in [-0.25, -0.2) is 0 Å². The molecule has 4 rings (SSSR count). The van der Waals surface area contributed by atoms with Gasteiger partial charge in [0.05, 0.1) is 0 Å². The molecule has 146 valence electrons. The van der Waals surface area contributed by atoms with Crippen molar-refractivity contribution in [3.05, 3.63) is 82.9 Å². The van der Waals surface area contributed by atoms with E-state index in [0.29, 0.717) is 24.1 Å². The van der Waals surface area contributed by atoms with E-state index in [4.69, 9.17) is 0 Å². The Morgan fingerprint density at radius 1 is 0.897 bits per heavy atom. The molecule has 3 aromatic rings. The van der Waals surface area contributed by atoms with Crippen LogP contribution in [0.3, 0.4) is 0 Å². The van der Waals surface area contributed by atoms with Crippen LogP contribution in [0.25, 0.3) is 10.8 Å². The number of nitrogens with one attached hydrogen (secondary N) is 1. The molecule has 0 fully saturated rings. The summed E-state index contributed by atoms with van der Waals surface area (Å²) in [5.74, 6) is -0.674. The predicted molar refractivity (Wildman–Crippen MR) is 112 cm³/mol. The monoisotopic (exact) mass is 386 g/mol. The fourth-order valence-electron chi connectivity index (χ4n) is 3.77. The molecular formula is C24H22N2O3. The minimum Gasteiger partial charge on any atom is -0.352 e. The summed E-state index contributed by atoms with van der Waals surface area (Å²) in [5.41, 5.74) is 3.29. The lowest BCUT2D eigenvalue weighted by Crippen LogP contribution is -2.41. The highest BCUT2D eigenvalue weighted by molar-refractivity contribution is 6.25. The summed E-state index contributed by atoms with van der Waals surface area (Å²) in [7, 11) is 0. The third-order valence-corrected chi connectivity index (χ3v) is 5.38. The largest absolute Gasteiger partial charge is 0.352 e. The van der Waals surface area contributed by atoms with Crippen LogP contribution in [0, 0.1) is 6.92 Å². The highest BCUT2D eigenvalue weighted by atomic mass is 16.2. The van der Waals surface area contributed by atoms with E-state index in [1.54, 1.807) is 12.1 Å². The first kappa shape index (κ1) is 18.9. The smallest absolute Gasteiger partial charge is 0.261 e. The van der Waals surface area contributed by atoms with Gasteiger partial charge in [0.2, 0.25) is 5.91 Å². The van der Waals surface area contributed by atoms with Crippen molar-refractivity contribution in [2.45, 2.75) is 26.3 Å². The minimum atomic E-state index is -0.292. The van der Waals surface area contributed by atoms with Crippen LogP contribution >= 0.6 is 0 Å². The molecule has 0 spiro atoms. The lowest BCUT2D eigenvalue weighted by atomic mass is 9.94. The van der Waals surface area contributed by atoms with Crippen molar-refractivity contribution >= 4 is 28.5 Å². The Bertz CT molecular complexity index is 1070. The van der Waals surface area contributed by atoms with Gasteiger partial charge in [-0.1, -0.05) is 48.5 Å². The van der Waals surface area contributed by atoms with Crippen LogP contribution < -0.4 is 5.32 Å². The number of carbonyl (C=O) groups is 3. The van der Waals surface area contributed by atoms with Crippen molar-refractivity contribution in [3.63, 3.8) is 0 Å². The first-order chi connectivity index (χ1) is 14.1. The lowest BCUT2D eigenvalue weighted by Gasteiger charge is -2.27. The summed E-state index contributed by atoms with van der Waals surface area (Å²) in [6.07, 6.45) is 0.685. The van der Waals surface area contributed by atoms with Crippen molar-refractivity contribution < 1.29 is 14.4 Å². The van der Waals surface area contributed by atoms with E-state index in [1.807, 2.05) is 55.5 Å². The van der Waals surface area contributed by atoms with Gasteiger partial charge >= 0.3 is 0 Å². The molecule has 0 saturated heterocycles. The Balaban J connectivity index is 1.38. The van der Waals surface area contributed by atoms with E-state index in [2.05, 4.69) is 5.32 Å². The molecule has 1 N–H and O–H groups in total. The molecule has 1 aliphatic heterocycles. The summed E-state index contributed by atoms with van der Waals surface area (Å²) in [6.45, 7) is 2.70. The zero-order chi connectivity index (χ0) is 20.4. The maximum atomic E-state index is 12.8. The molecule has 0 unspecified atom stereocenters. The van der Waals surface area contributed by atoms with Gasteiger partial charge in [0, 0.05) is 36.0 Å². The second kappa shape index (κ2) is 7.87. The molecule has 3 amide bonds. The number of aryl methyl sites for hydroxylation is 1. The third-order valence-electron chi connectivity index (χ3n) is 5.38. The van der Waals surface area contributed by atoms with Crippen LogP contribution in [-0.2, 0) is 11.3 Å². The van der Waals surface area contributed by atoms with Crippen LogP contribution in [0.4, 0.5) is 0 Å². The standard InChI is InChI=1S/C24H22N2O3/c1-16-7-2-3-8-18(16)15-25-21(27)13-6-14-26-23(28)19-11-4-9-17-10-5-12-20(22(17)19)24(26)29/h2-5,7-12H,6,13-15H2,1H3,(H,25,27). The molecule has 1 heterocycles. The van der Waals surface area contributed by atoms with Gasteiger partial charge in [0.15, 0.2) is 0 Å². The number of nitrogens with zero attached hydrogens (tertiary/aromatic N) is 1. The number of carbonyl (C=O) groups excluding carboxylic acids is 3. The average molecular weight is 386 g/mol. The van der Waals surface area contributed by atoms with Gasteiger partial charge in [-0.05, 0) is 42.0 Å². The number of benzene rings is 3. The molecule has 5 nitrogen and oxygen atoms in total. The van der Waals surface area contributed by atoms with Crippen LogP contribution in [-0.4, -0.2) is 29.2 Å². The van der Waals surface area contributed by atoms with E-state index >= 15 is 0 Å². The highest BCUT2D eigenvalue weighted by Gasteiger charge is 2.32. The van der Waals surface area contributed by atoms with Gasteiger partial charge in [0.1, 0.15) is 0 Å². The van der Waals surface area contributed by atoms with Crippen LogP contribution in [0.2, 0.25) is 0 Å². The normalized spacial score (nSPS) is 13.1. The van der Waals surface area contributed by atoms with E-state index in [0.717, 1.165) is 21.9 Å². The number of amides is 3. The molecule has 0 atom stereocenters. The maximum Gasteiger partial charge on any atom is 0.261 e. The Hall–Kier alpha value is -3.47. The number of rotatable bonds is 6. The van der Waals surface area contributed by atoms with Crippen LogP contribution in [0.5, 0.6) is 0 Å². The Morgan fingerprint density at radius 2 is 1.55 bits per heavy atom. The van der Waals surface area contributed by atoms with Gasteiger partial charge in [0.25, 0.3) is 11.8 Å². The topological polar surface area (TPSA) is 66.5 Å². The van der Waals surface area contributed by atoms with Crippen molar-refractivity contribution in [1.82, 2.24) is 10.2 Å². The molecule has 0 aliphatic carbocycles. The third kappa shape index (κ3) is 3.63. The van der Waals surface area contributed by atoms with Gasteiger partial charge in [-0.2, -0.15) is 0 Å². The highest BCUT2D eigenvalue weighted by Crippen LogP contribution is 2.30. The summed E-state index contributed by atoms with van der Waals surface area (Å²) >= 11 is 0. The molecular weight excluding hydrogens is 364 g/mol. The van der Waals surface area contributed by atoms with Gasteiger partial charge < -0.3 is 5.32 Å². The van der Waals surface area contributed by atoms with Gasteiger partial charge in [-0.15, -0.1) is 0 Å². The van der Waals surface area contributed by atoms with Crippen LogP contribution in [0.15, 0.2) is 60.7 Å². The number of imide groups is 1. The number of hydrogen-bond donors (Lipinski definition) is 1. The Labute approximate surface area is 169 Å². The molecule has 0 radical (unpaired) electrons. The molecule has 1 aliphatic rings. The van der Waals surface area contributed by atoms with Crippen molar-refractivity contribution in [2.75, 3.05) is 6.54 Å². The molecule has 0 bridgehead atoms. The molecule has 0 aromatic heterocycles. The fraction of sp³-hybridized carbons (Fsp3) is 0.208. The molecule has 5 heteroatoms.